The molecule has 2 aromatic rings. The summed E-state index contributed by atoms with van der Waals surface area (Å²) in [5.74, 6) is 1.79. The van der Waals surface area contributed by atoms with Crippen LogP contribution in [0.4, 0.5) is 0 Å². The van der Waals surface area contributed by atoms with E-state index in [0.717, 1.165) is 22.9 Å². The van der Waals surface area contributed by atoms with Gasteiger partial charge in [-0.25, -0.2) is 4.79 Å². The molecule has 0 radical (unpaired) electrons. The first kappa shape index (κ1) is 18.2. The molecule has 0 bridgehead atoms. The first-order valence-electron chi connectivity index (χ1n) is 8.69. The van der Waals surface area contributed by atoms with Crippen molar-refractivity contribution in [3.63, 3.8) is 0 Å². The van der Waals surface area contributed by atoms with E-state index in [-0.39, 0.29) is 0 Å². The van der Waals surface area contributed by atoms with Crippen LogP contribution < -0.4 is 4.74 Å². The average Bonchev–Trinajstić information content (AvgIpc) is 2.69. The minimum atomic E-state index is -0.414. The molecular formula is C21H20N2O2S. The van der Waals surface area contributed by atoms with Crippen molar-refractivity contribution in [2.24, 2.45) is 10.9 Å². The maximum atomic E-state index is 12.2. The largest absolute Gasteiger partial charge is 0.423 e. The first-order valence-corrected chi connectivity index (χ1v) is 9.68. The lowest BCUT2D eigenvalue weighted by Crippen LogP contribution is -2.16. The molecule has 1 heterocycles. The fraction of sp³-hybridized carbons (Fsp3) is 0.286. The summed E-state index contributed by atoms with van der Waals surface area (Å²) in [4.78, 5) is 16.9. The van der Waals surface area contributed by atoms with E-state index in [9.17, 15) is 4.79 Å². The second-order valence-electron chi connectivity index (χ2n) is 6.21. The van der Waals surface area contributed by atoms with Crippen LogP contribution in [0.2, 0.25) is 0 Å². The van der Waals surface area contributed by atoms with Crippen molar-refractivity contribution < 1.29 is 9.53 Å². The SMILES string of the molecule is CCCC1CN=C(c2ccc(C(=O)Oc3ccc(C#N)cc3)cc2)SC1. The smallest absolute Gasteiger partial charge is 0.343 e. The lowest BCUT2D eigenvalue weighted by atomic mass is 10.1. The van der Waals surface area contributed by atoms with Crippen molar-refractivity contribution in [1.82, 2.24) is 0 Å². The molecule has 26 heavy (non-hydrogen) atoms. The lowest BCUT2D eigenvalue weighted by Gasteiger charge is -2.20. The van der Waals surface area contributed by atoms with Gasteiger partial charge in [-0.05, 0) is 48.7 Å². The molecular weight excluding hydrogens is 344 g/mol. The molecule has 1 unspecified atom stereocenters. The number of rotatable bonds is 5. The normalized spacial score (nSPS) is 16.5. The number of carbonyl (C=O) groups excluding carboxylic acids is 1. The zero-order valence-electron chi connectivity index (χ0n) is 14.6. The molecule has 0 amide bonds. The summed E-state index contributed by atoms with van der Waals surface area (Å²) >= 11 is 1.79. The molecule has 0 fully saturated rings. The van der Waals surface area contributed by atoms with Gasteiger partial charge in [0.05, 0.1) is 22.2 Å². The van der Waals surface area contributed by atoms with Gasteiger partial charge in [0.15, 0.2) is 0 Å². The van der Waals surface area contributed by atoms with E-state index < -0.39 is 5.97 Å². The second-order valence-corrected chi connectivity index (χ2v) is 7.22. The molecule has 0 spiro atoms. The monoisotopic (exact) mass is 364 g/mol. The molecule has 3 rings (SSSR count). The molecule has 0 aliphatic carbocycles. The number of ether oxygens (including phenoxy) is 1. The molecule has 4 nitrogen and oxygen atoms in total. The summed E-state index contributed by atoms with van der Waals surface area (Å²) in [7, 11) is 0. The second kappa shape index (κ2) is 8.68. The predicted molar refractivity (Wildman–Crippen MR) is 105 cm³/mol. The summed E-state index contributed by atoms with van der Waals surface area (Å²) in [6.45, 7) is 3.10. The Morgan fingerprint density at radius 3 is 2.54 bits per heavy atom. The van der Waals surface area contributed by atoms with E-state index in [2.05, 4.69) is 6.92 Å². The van der Waals surface area contributed by atoms with Gasteiger partial charge < -0.3 is 4.74 Å². The average molecular weight is 364 g/mol. The predicted octanol–water partition coefficient (Wildman–Crippen LogP) is 4.69. The number of nitriles is 1. The van der Waals surface area contributed by atoms with Gasteiger partial charge in [0.1, 0.15) is 5.75 Å². The maximum Gasteiger partial charge on any atom is 0.343 e. The van der Waals surface area contributed by atoms with E-state index in [4.69, 9.17) is 15.0 Å². The number of esters is 1. The first-order chi connectivity index (χ1) is 12.7. The molecule has 1 aliphatic heterocycles. The Hall–Kier alpha value is -2.58. The van der Waals surface area contributed by atoms with E-state index >= 15 is 0 Å². The van der Waals surface area contributed by atoms with E-state index in [1.165, 1.54) is 12.8 Å². The van der Waals surface area contributed by atoms with Gasteiger partial charge in [0, 0.05) is 17.9 Å². The van der Waals surface area contributed by atoms with Crippen LogP contribution in [-0.2, 0) is 0 Å². The third-order valence-electron chi connectivity index (χ3n) is 4.21. The van der Waals surface area contributed by atoms with Crippen LogP contribution in [0.5, 0.6) is 5.75 Å². The standard InChI is InChI=1S/C21H20N2O2S/c1-2-3-16-13-23-20(26-14-16)17-6-8-18(9-7-17)21(24)25-19-10-4-15(12-22)5-11-19/h4-11,16H,2-3,13-14H2,1H3. The van der Waals surface area contributed by atoms with Gasteiger partial charge in [-0.1, -0.05) is 25.5 Å². The molecule has 0 N–H and O–H groups in total. The van der Waals surface area contributed by atoms with Crippen LogP contribution in [0.15, 0.2) is 53.5 Å². The Kier molecular flexibility index (Phi) is 6.08. The maximum absolute atomic E-state index is 12.2. The molecule has 0 saturated heterocycles. The highest BCUT2D eigenvalue weighted by Gasteiger charge is 2.17. The topological polar surface area (TPSA) is 62.4 Å². The Morgan fingerprint density at radius 1 is 1.23 bits per heavy atom. The van der Waals surface area contributed by atoms with E-state index in [0.29, 0.717) is 22.8 Å². The van der Waals surface area contributed by atoms with E-state index in [1.807, 2.05) is 18.2 Å². The Balaban J connectivity index is 1.63. The number of thioether (sulfide) groups is 1. The van der Waals surface area contributed by atoms with Gasteiger partial charge in [-0.2, -0.15) is 5.26 Å². The molecule has 0 saturated carbocycles. The minimum Gasteiger partial charge on any atom is -0.423 e. The Morgan fingerprint density at radius 2 is 1.96 bits per heavy atom. The Labute approximate surface area is 157 Å². The quantitative estimate of drug-likeness (QED) is 0.570. The van der Waals surface area contributed by atoms with E-state index in [1.54, 1.807) is 48.2 Å². The summed E-state index contributed by atoms with van der Waals surface area (Å²) in [6, 6.07) is 15.9. The van der Waals surface area contributed by atoms with Crippen LogP contribution in [-0.4, -0.2) is 23.3 Å². The van der Waals surface area contributed by atoms with Crippen molar-refractivity contribution in [1.29, 1.82) is 5.26 Å². The molecule has 2 aromatic carbocycles. The summed E-state index contributed by atoms with van der Waals surface area (Å²) in [5, 5.41) is 9.84. The number of aliphatic imine (C=N–C) groups is 1. The fourth-order valence-corrected chi connectivity index (χ4v) is 3.91. The van der Waals surface area contributed by atoms with Gasteiger partial charge in [0.25, 0.3) is 0 Å². The molecule has 132 valence electrons. The van der Waals surface area contributed by atoms with Crippen molar-refractivity contribution in [2.45, 2.75) is 19.8 Å². The number of hydrogen-bond donors (Lipinski definition) is 0. The van der Waals surface area contributed by atoms with Gasteiger partial charge in [-0.15, -0.1) is 11.8 Å². The number of carbonyl (C=O) groups is 1. The van der Waals surface area contributed by atoms with Crippen LogP contribution in [0.3, 0.4) is 0 Å². The zero-order valence-corrected chi connectivity index (χ0v) is 15.5. The third kappa shape index (κ3) is 4.53. The van der Waals surface area contributed by atoms with Gasteiger partial charge in [-0.3, -0.25) is 4.99 Å². The van der Waals surface area contributed by atoms with Gasteiger partial charge in [0.2, 0.25) is 0 Å². The number of nitrogens with zero attached hydrogens (tertiary/aromatic N) is 2. The van der Waals surface area contributed by atoms with Crippen LogP contribution in [0.25, 0.3) is 0 Å². The summed E-state index contributed by atoms with van der Waals surface area (Å²) < 4.78 is 5.34. The highest BCUT2D eigenvalue weighted by atomic mass is 32.2. The highest BCUT2D eigenvalue weighted by molar-refractivity contribution is 8.14. The molecule has 1 atom stereocenters. The molecule has 0 aromatic heterocycles. The van der Waals surface area contributed by atoms with Crippen molar-refractivity contribution >= 4 is 22.8 Å². The summed E-state index contributed by atoms with van der Waals surface area (Å²) in [5.41, 5.74) is 2.06. The van der Waals surface area contributed by atoms with Crippen LogP contribution in [0, 0.1) is 17.2 Å². The molecule has 5 heteroatoms. The van der Waals surface area contributed by atoms with Crippen molar-refractivity contribution in [2.75, 3.05) is 12.3 Å². The van der Waals surface area contributed by atoms with Crippen LogP contribution in [0.1, 0.15) is 41.3 Å². The zero-order chi connectivity index (χ0) is 18.4. The Bertz CT molecular complexity index is 836. The number of benzene rings is 2. The van der Waals surface area contributed by atoms with Crippen molar-refractivity contribution in [3.8, 4) is 11.8 Å². The lowest BCUT2D eigenvalue weighted by molar-refractivity contribution is 0.0735. The van der Waals surface area contributed by atoms with Gasteiger partial charge >= 0.3 is 5.97 Å². The summed E-state index contributed by atoms with van der Waals surface area (Å²) in [6.07, 6.45) is 2.43. The number of hydrogen-bond acceptors (Lipinski definition) is 5. The highest BCUT2D eigenvalue weighted by Crippen LogP contribution is 2.25. The van der Waals surface area contributed by atoms with Crippen LogP contribution >= 0.6 is 11.8 Å². The molecule has 1 aliphatic rings. The fourth-order valence-electron chi connectivity index (χ4n) is 2.78. The third-order valence-corrected chi connectivity index (χ3v) is 5.48. The van der Waals surface area contributed by atoms with Crippen molar-refractivity contribution in [3.05, 3.63) is 65.2 Å². The minimum absolute atomic E-state index is 0.414.